The molecule has 2 aromatic rings. The lowest BCUT2D eigenvalue weighted by molar-refractivity contribution is 0.271. The zero-order valence-corrected chi connectivity index (χ0v) is 12.4. The summed E-state index contributed by atoms with van der Waals surface area (Å²) in [7, 11) is 0. The first-order valence-corrected chi connectivity index (χ1v) is 6.99. The van der Waals surface area contributed by atoms with Gasteiger partial charge in [-0.05, 0) is 53.2 Å². The maximum atomic E-state index is 5.68. The first-order valence-electron chi connectivity index (χ1n) is 6.99. The third-order valence-electron chi connectivity index (χ3n) is 2.93. The Labute approximate surface area is 127 Å². The van der Waals surface area contributed by atoms with Gasteiger partial charge in [0.25, 0.3) is 0 Å². The molecule has 0 heterocycles. The van der Waals surface area contributed by atoms with Crippen molar-refractivity contribution in [3.63, 3.8) is 0 Å². The van der Waals surface area contributed by atoms with Gasteiger partial charge in [0.15, 0.2) is 0 Å². The summed E-state index contributed by atoms with van der Waals surface area (Å²) in [4.78, 5) is 0. The molecule has 0 spiro atoms. The lowest BCUT2D eigenvalue weighted by atomic mass is 10.0. The Hall–Kier alpha value is -2.64. The van der Waals surface area contributed by atoms with Crippen molar-refractivity contribution in [3.05, 3.63) is 54.1 Å². The molecule has 2 aromatic carbocycles. The standard InChI is InChI=1S/C20H18O/c1-4-5-6-17-7-9-18(10-8-17)19-11-13-20(14-12-19)21-15-16(2)3/h1,7-14,16H,15H2,2-3H3. The van der Waals surface area contributed by atoms with Gasteiger partial charge in [0.1, 0.15) is 5.75 Å². The lowest BCUT2D eigenvalue weighted by Gasteiger charge is -2.09. The van der Waals surface area contributed by atoms with Crippen LogP contribution in [0.4, 0.5) is 0 Å². The number of rotatable bonds is 4. The highest BCUT2D eigenvalue weighted by atomic mass is 16.5. The van der Waals surface area contributed by atoms with Crippen molar-refractivity contribution in [2.45, 2.75) is 13.8 Å². The van der Waals surface area contributed by atoms with Crippen molar-refractivity contribution >= 4 is 0 Å². The summed E-state index contributed by atoms with van der Waals surface area (Å²) in [5.41, 5.74) is 3.23. The summed E-state index contributed by atoms with van der Waals surface area (Å²) in [6.07, 6.45) is 5.12. The van der Waals surface area contributed by atoms with Crippen LogP contribution in [0.2, 0.25) is 0 Å². The zero-order valence-electron chi connectivity index (χ0n) is 12.4. The van der Waals surface area contributed by atoms with E-state index in [0.29, 0.717) is 5.92 Å². The zero-order chi connectivity index (χ0) is 15.1. The molecule has 0 N–H and O–H groups in total. The fourth-order valence-corrected chi connectivity index (χ4v) is 1.86. The van der Waals surface area contributed by atoms with Crippen LogP contribution in [-0.2, 0) is 0 Å². The predicted octanol–water partition coefficient (Wildman–Crippen LogP) is 4.37. The number of benzene rings is 2. The van der Waals surface area contributed by atoms with Crippen molar-refractivity contribution in [2.75, 3.05) is 6.61 Å². The van der Waals surface area contributed by atoms with E-state index >= 15 is 0 Å². The average molecular weight is 274 g/mol. The molecule has 0 fully saturated rings. The van der Waals surface area contributed by atoms with Crippen LogP contribution < -0.4 is 4.74 Å². The van der Waals surface area contributed by atoms with Crippen LogP contribution in [0.25, 0.3) is 11.1 Å². The van der Waals surface area contributed by atoms with Crippen LogP contribution in [0, 0.1) is 30.1 Å². The molecule has 0 saturated carbocycles. The minimum absolute atomic E-state index is 0.529. The fourth-order valence-electron chi connectivity index (χ4n) is 1.86. The Morgan fingerprint density at radius 3 is 2.05 bits per heavy atom. The molecule has 0 aromatic heterocycles. The van der Waals surface area contributed by atoms with Gasteiger partial charge in [0, 0.05) is 5.56 Å². The van der Waals surface area contributed by atoms with E-state index < -0.39 is 0 Å². The van der Waals surface area contributed by atoms with E-state index in [0.717, 1.165) is 29.0 Å². The van der Waals surface area contributed by atoms with Gasteiger partial charge < -0.3 is 4.74 Å². The second kappa shape index (κ2) is 7.22. The number of hydrogen-bond donors (Lipinski definition) is 0. The molecular weight excluding hydrogens is 256 g/mol. The largest absolute Gasteiger partial charge is 0.493 e. The van der Waals surface area contributed by atoms with Crippen LogP contribution in [0.5, 0.6) is 5.75 Å². The molecule has 0 saturated heterocycles. The molecular formula is C20H18O. The fraction of sp³-hybridized carbons (Fsp3) is 0.200. The Kier molecular flexibility index (Phi) is 5.08. The van der Waals surface area contributed by atoms with E-state index in [2.05, 4.69) is 43.7 Å². The van der Waals surface area contributed by atoms with Crippen molar-refractivity contribution < 1.29 is 4.74 Å². The summed E-state index contributed by atoms with van der Waals surface area (Å²) in [6, 6.07) is 16.2. The molecule has 1 heteroatoms. The van der Waals surface area contributed by atoms with Gasteiger partial charge in [-0.1, -0.05) is 44.0 Å². The summed E-state index contributed by atoms with van der Waals surface area (Å²) >= 11 is 0. The van der Waals surface area contributed by atoms with Gasteiger partial charge in [-0.2, -0.15) is 0 Å². The first kappa shape index (κ1) is 14.8. The highest BCUT2D eigenvalue weighted by Crippen LogP contribution is 2.23. The molecule has 1 nitrogen and oxygen atoms in total. The molecule has 2 rings (SSSR count). The van der Waals surface area contributed by atoms with Gasteiger partial charge in [-0.25, -0.2) is 0 Å². The molecule has 21 heavy (non-hydrogen) atoms. The van der Waals surface area contributed by atoms with Gasteiger partial charge >= 0.3 is 0 Å². The van der Waals surface area contributed by atoms with Crippen molar-refractivity contribution in [1.82, 2.24) is 0 Å². The minimum atomic E-state index is 0.529. The van der Waals surface area contributed by atoms with E-state index in [1.54, 1.807) is 0 Å². The molecule has 0 bridgehead atoms. The summed E-state index contributed by atoms with van der Waals surface area (Å²) < 4.78 is 5.68. The minimum Gasteiger partial charge on any atom is -0.493 e. The average Bonchev–Trinajstić information content (AvgIpc) is 2.52. The summed E-state index contributed by atoms with van der Waals surface area (Å²) in [6.45, 7) is 5.01. The van der Waals surface area contributed by atoms with E-state index in [1.807, 2.05) is 36.4 Å². The first-order chi connectivity index (χ1) is 10.2. The van der Waals surface area contributed by atoms with Gasteiger partial charge in [-0.3, -0.25) is 0 Å². The van der Waals surface area contributed by atoms with Gasteiger partial charge in [0.05, 0.1) is 6.61 Å². The normalized spacial score (nSPS) is 9.62. The third kappa shape index (κ3) is 4.44. The van der Waals surface area contributed by atoms with Crippen molar-refractivity contribution in [1.29, 1.82) is 0 Å². The van der Waals surface area contributed by atoms with Crippen molar-refractivity contribution in [2.24, 2.45) is 5.92 Å². The Morgan fingerprint density at radius 1 is 0.952 bits per heavy atom. The molecule has 0 atom stereocenters. The lowest BCUT2D eigenvalue weighted by Crippen LogP contribution is -2.04. The predicted molar refractivity (Wildman–Crippen MR) is 87.9 cm³/mol. The Balaban J connectivity index is 2.10. The summed E-state index contributed by atoms with van der Waals surface area (Å²) in [5.74, 6) is 9.27. The topological polar surface area (TPSA) is 9.23 Å². The number of hydrogen-bond acceptors (Lipinski definition) is 1. The molecule has 0 radical (unpaired) electrons. The Morgan fingerprint density at radius 2 is 1.52 bits per heavy atom. The highest BCUT2D eigenvalue weighted by Gasteiger charge is 2.00. The highest BCUT2D eigenvalue weighted by molar-refractivity contribution is 5.65. The maximum absolute atomic E-state index is 5.68. The molecule has 0 aliphatic heterocycles. The van der Waals surface area contributed by atoms with E-state index in [1.165, 1.54) is 0 Å². The molecule has 0 amide bonds. The quantitative estimate of drug-likeness (QED) is 0.752. The van der Waals surface area contributed by atoms with Gasteiger partial charge in [-0.15, -0.1) is 6.42 Å². The second-order valence-corrected chi connectivity index (χ2v) is 5.20. The van der Waals surface area contributed by atoms with E-state index in [9.17, 15) is 0 Å². The van der Waals surface area contributed by atoms with E-state index in [4.69, 9.17) is 11.2 Å². The van der Waals surface area contributed by atoms with Crippen LogP contribution in [0.15, 0.2) is 48.5 Å². The number of ether oxygens (including phenoxy) is 1. The second-order valence-electron chi connectivity index (χ2n) is 5.20. The number of terminal acetylenes is 1. The van der Waals surface area contributed by atoms with E-state index in [-0.39, 0.29) is 0 Å². The Bertz CT molecular complexity index is 674. The SMILES string of the molecule is C#CC#Cc1ccc(-c2ccc(OCC(C)C)cc2)cc1. The molecule has 0 aliphatic rings. The van der Waals surface area contributed by atoms with Crippen molar-refractivity contribution in [3.8, 4) is 41.1 Å². The monoisotopic (exact) mass is 274 g/mol. The van der Waals surface area contributed by atoms with Crippen LogP contribution in [0.3, 0.4) is 0 Å². The summed E-state index contributed by atoms with van der Waals surface area (Å²) in [5, 5.41) is 0. The van der Waals surface area contributed by atoms with Crippen LogP contribution in [0.1, 0.15) is 19.4 Å². The van der Waals surface area contributed by atoms with Crippen LogP contribution >= 0.6 is 0 Å². The molecule has 0 unspecified atom stereocenters. The third-order valence-corrected chi connectivity index (χ3v) is 2.93. The molecule has 104 valence electrons. The maximum Gasteiger partial charge on any atom is 0.119 e. The van der Waals surface area contributed by atoms with Crippen LogP contribution in [-0.4, -0.2) is 6.61 Å². The smallest absolute Gasteiger partial charge is 0.119 e. The van der Waals surface area contributed by atoms with Gasteiger partial charge in [0.2, 0.25) is 0 Å². The molecule has 0 aliphatic carbocycles.